The van der Waals surface area contributed by atoms with E-state index in [0.29, 0.717) is 12.3 Å². The third-order valence-corrected chi connectivity index (χ3v) is 5.25. The largest absolute Gasteiger partial charge is 0.506 e. The van der Waals surface area contributed by atoms with E-state index in [1.807, 2.05) is 67.4 Å². The fourth-order valence-electron chi connectivity index (χ4n) is 3.64. The van der Waals surface area contributed by atoms with Gasteiger partial charge in [0.05, 0.1) is 31.9 Å². The van der Waals surface area contributed by atoms with Crippen LogP contribution in [-0.2, 0) is 11.3 Å². The van der Waals surface area contributed by atoms with Crippen LogP contribution in [0.1, 0.15) is 12.5 Å². The lowest BCUT2D eigenvalue weighted by Crippen LogP contribution is -3.19. The van der Waals surface area contributed by atoms with Crippen molar-refractivity contribution in [3.63, 3.8) is 0 Å². The van der Waals surface area contributed by atoms with Gasteiger partial charge in [-0.25, -0.2) is 0 Å². The molecule has 26 heavy (non-hydrogen) atoms. The summed E-state index contributed by atoms with van der Waals surface area (Å²) in [5.41, 5.74) is 2.03. The number of rotatable bonds is 5. The summed E-state index contributed by atoms with van der Waals surface area (Å²) in [6.45, 7) is 6.12. The molecule has 5 nitrogen and oxygen atoms in total. The normalized spacial score (nSPS) is 16.3. The molecule has 2 N–H and O–H groups in total. The highest BCUT2D eigenvalue weighted by molar-refractivity contribution is 5.79. The van der Waals surface area contributed by atoms with E-state index in [4.69, 9.17) is 0 Å². The first-order valence-corrected chi connectivity index (χ1v) is 9.22. The second-order valence-corrected chi connectivity index (χ2v) is 7.04. The lowest BCUT2D eigenvalue weighted by molar-refractivity contribution is -0.915. The number of phenols is 1. The van der Waals surface area contributed by atoms with Crippen molar-refractivity contribution in [2.24, 2.45) is 0 Å². The van der Waals surface area contributed by atoms with Gasteiger partial charge >= 0.3 is 0 Å². The third-order valence-electron chi connectivity index (χ3n) is 5.25. The Bertz CT molecular complexity index is 727. The van der Waals surface area contributed by atoms with Crippen LogP contribution in [0, 0.1) is 0 Å². The summed E-state index contributed by atoms with van der Waals surface area (Å²) in [7, 11) is 1.88. The van der Waals surface area contributed by atoms with E-state index in [2.05, 4.69) is 4.90 Å². The molecule has 1 fully saturated rings. The van der Waals surface area contributed by atoms with Crippen molar-refractivity contribution in [3.8, 4) is 5.75 Å². The van der Waals surface area contributed by atoms with Crippen molar-refractivity contribution in [2.45, 2.75) is 19.5 Å². The molecule has 1 aliphatic rings. The van der Waals surface area contributed by atoms with Gasteiger partial charge in [-0.3, -0.25) is 4.79 Å². The monoisotopic (exact) mass is 354 g/mol. The number of hydrogen-bond donors (Lipinski definition) is 2. The van der Waals surface area contributed by atoms with Crippen LogP contribution < -0.4 is 9.80 Å². The van der Waals surface area contributed by atoms with Gasteiger partial charge in [0, 0.05) is 13.6 Å². The van der Waals surface area contributed by atoms with Crippen molar-refractivity contribution in [2.75, 3.05) is 38.1 Å². The van der Waals surface area contributed by atoms with Crippen LogP contribution in [0.3, 0.4) is 0 Å². The van der Waals surface area contributed by atoms with Crippen LogP contribution in [-0.4, -0.2) is 55.2 Å². The molecule has 1 aliphatic heterocycles. The topological polar surface area (TPSA) is 48.2 Å². The Morgan fingerprint density at radius 1 is 1.12 bits per heavy atom. The smallest absolute Gasteiger partial charge is 0.280 e. The molecule has 0 bridgehead atoms. The molecule has 0 aromatic heterocycles. The van der Waals surface area contributed by atoms with Gasteiger partial charge < -0.3 is 19.8 Å². The zero-order chi connectivity index (χ0) is 18.5. The van der Waals surface area contributed by atoms with Gasteiger partial charge in [-0.2, -0.15) is 0 Å². The molecule has 138 valence electrons. The predicted octanol–water partition coefficient (Wildman–Crippen LogP) is 1.14. The summed E-state index contributed by atoms with van der Waals surface area (Å²) in [5, 5.41) is 10.0. The molecule has 0 radical (unpaired) electrons. The summed E-state index contributed by atoms with van der Waals surface area (Å²) in [5.74, 6) is 0.502. The lowest BCUT2D eigenvalue weighted by atomic mass is 10.1. The highest BCUT2D eigenvalue weighted by atomic mass is 16.3. The van der Waals surface area contributed by atoms with E-state index in [1.54, 1.807) is 6.07 Å². The maximum Gasteiger partial charge on any atom is 0.280 e. The molecule has 5 heteroatoms. The van der Waals surface area contributed by atoms with E-state index in [1.165, 1.54) is 4.90 Å². The number of phenolic OH excluding ortho intramolecular Hbond substituents is 1. The van der Waals surface area contributed by atoms with Gasteiger partial charge in [0.1, 0.15) is 5.75 Å². The third kappa shape index (κ3) is 4.17. The van der Waals surface area contributed by atoms with Crippen molar-refractivity contribution < 1.29 is 14.8 Å². The summed E-state index contributed by atoms with van der Waals surface area (Å²) in [6, 6.07) is 17.5. The minimum atomic E-state index is -0.0600. The second kappa shape index (κ2) is 8.23. The van der Waals surface area contributed by atoms with Crippen molar-refractivity contribution in [1.29, 1.82) is 0 Å². The Morgan fingerprint density at radius 3 is 2.38 bits per heavy atom. The maximum atomic E-state index is 12.8. The number of benzene rings is 2. The number of carbonyl (C=O) groups excluding carboxylic acids is 1. The number of para-hydroxylation sites is 2. The summed E-state index contributed by atoms with van der Waals surface area (Å²) in [6.07, 6.45) is 0. The lowest BCUT2D eigenvalue weighted by Gasteiger charge is -2.37. The molecular weight excluding hydrogens is 326 g/mol. The molecule has 1 saturated heterocycles. The molecule has 1 atom stereocenters. The van der Waals surface area contributed by atoms with E-state index < -0.39 is 0 Å². The molecule has 3 rings (SSSR count). The number of aromatic hydroxyl groups is 1. The number of hydrogen-bond acceptors (Lipinski definition) is 3. The standard InChI is InChI=1S/C21H27N3O2/c1-17(21(26)22(2)16-18-8-4-3-5-9-18)23-12-14-24(15-13-23)19-10-6-7-11-20(19)25/h3-11,17,25H,12-16H2,1-2H3/p+1/t17-/m1/s1. The molecule has 0 aliphatic carbocycles. The quantitative estimate of drug-likeness (QED) is 0.847. The number of nitrogens with zero attached hydrogens (tertiary/aromatic N) is 2. The zero-order valence-electron chi connectivity index (χ0n) is 15.6. The Hall–Kier alpha value is -2.53. The van der Waals surface area contributed by atoms with Gasteiger partial charge in [0.25, 0.3) is 5.91 Å². The van der Waals surface area contributed by atoms with Crippen LogP contribution in [0.15, 0.2) is 54.6 Å². The van der Waals surface area contributed by atoms with E-state index in [9.17, 15) is 9.90 Å². The summed E-state index contributed by atoms with van der Waals surface area (Å²) >= 11 is 0. The summed E-state index contributed by atoms with van der Waals surface area (Å²) in [4.78, 5) is 18.1. The molecule has 2 aromatic carbocycles. The fraction of sp³-hybridized carbons (Fsp3) is 0.381. The van der Waals surface area contributed by atoms with Crippen LogP contribution in [0.25, 0.3) is 0 Å². The molecule has 0 saturated carbocycles. The van der Waals surface area contributed by atoms with Gasteiger partial charge in [0.15, 0.2) is 6.04 Å². The molecule has 0 spiro atoms. The van der Waals surface area contributed by atoms with Crippen LogP contribution in [0.4, 0.5) is 5.69 Å². The SMILES string of the molecule is C[C@H](C(=O)N(C)Cc1ccccc1)[NH+]1CCN(c2ccccc2O)CC1. The minimum absolute atomic E-state index is 0.0600. The van der Waals surface area contributed by atoms with Crippen LogP contribution in [0.5, 0.6) is 5.75 Å². The number of likely N-dealkylation sites (N-methyl/N-ethyl adjacent to an activating group) is 1. The molecule has 0 unspecified atom stereocenters. The van der Waals surface area contributed by atoms with Crippen molar-refractivity contribution in [3.05, 3.63) is 60.2 Å². The van der Waals surface area contributed by atoms with E-state index in [-0.39, 0.29) is 11.9 Å². The minimum Gasteiger partial charge on any atom is -0.506 e. The highest BCUT2D eigenvalue weighted by Crippen LogP contribution is 2.26. The van der Waals surface area contributed by atoms with Gasteiger partial charge in [-0.05, 0) is 24.6 Å². The van der Waals surface area contributed by atoms with Gasteiger partial charge in [0.2, 0.25) is 0 Å². The maximum absolute atomic E-state index is 12.8. The summed E-state index contributed by atoms with van der Waals surface area (Å²) < 4.78 is 0. The molecule has 1 heterocycles. The first kappa shape index (κ1) is 18.3. The fourth-order valence-corrected chi connectivity index (χ4v) is 3.64. The van der Waals surface area contributed by atoms with E-state index >= 15 is 0 Å². The van der Waals surface area contributed by atoms with Crippen LogP contribution in [0.2, 0.25) is 0 Å². The van der Waals surface area contributed by atoms with Crippen molar-refractivity contribution >= 4 is 11.6 Å². The average molecular weight is 354 g/mol. The predicted molar refractivity (Wildman–Crippen MR) is 103 cm³/mol. The molecular formula is C21H28N3O2+. The average Bonchev–Trinajstić information content (AvgIpc) is 2.68. The number of piperazine rings is 1. The first-order valence-electron chi connectivity index (χ1n) is 9.22. The van der Waals surface area contributed by atoms with Gasteiger partial charge in [-0.1, -0.05) is 42.5 Å². The number of anilines is 1. The molecule has 1 amide bonds. The van der Waals surface area contributed by atoms with E-state index in [0.717, 1.165) is 37.4 Å². The second-order valence-electron chi connectivity index (χ2n) is 7.04. The van der Waals surface area contributed by atoms with Gasteiger partial charge in [-0.15, -0.1) is 0 Å². The van der Waals surface area contributed by atoms with Crippen LogP contribution >= 0.6 is 0 Å². The Kier molecular flexibility index (Phi) is 5.78. The zero-order valence-corrected chi connectivity index (χ0v) is 15.6. The Morgan fingerprint density at radius 2 is 1.73 bits per heavy atom. The Labute approximate surface area is 155 Å². The highest BCUT2D eigenvalue weighted by Gasteiger charge is 2.31. The van der Waals surface area contributed by atoms with Crippen molar-refractivity contribution in [1.82, 2.24) is 4.90 Å². The molecule has 2 aromatic rings. The number of amides is 1. The number of quaternary nitrogens is 1. The number of nitrogens with one attached hydrogen (secondary N) is 1. The first-order chi connectivity index (χ1) is 12.6. The number of carbonyl (C=O) groups is 1. The Balaban J connectivity index is 1.55.